The lowest BCUT2D eigenvalue weighted by molar-refractivity contribution is 0.224. The average Bonchev–Trinajstić information content (AvgIpc) is 2.51. The van der Waals surface area contributed by atoms with Crippen molar-refractivity contribution in [2.45, 2.75) is 51.0 Å². The van der Waals surface area contributed by atoms with Gasteiger partial charge in [-0.1, -0.05) is 37.6 Å². The number of benzene rings is 1. The van der Waals surface area contributed by atoms with Crippen molar-refractivity contribution in [3.63, 3.8) is 0 Å². The zero-order valence-corrected chi connectivity index (χ0v) is 12.8. The van der Waals surface area contributed by atoms with Crippen LogP contribution in [0.4, 0.5) is 0 Å². The van der Waals surface area contributed by atoms with Gasteiger partial charge in [-0.05, 0) is 55.8 Å². The van der Waals surface area contributed by atoms with Gasteiger partial charge in [0.25, 0.3) is 0 Å². The van der Waals surface area contributed by atoms with Gasteiger partial charge in [0, 0.05) is 19.1 Å². The van der Waals surface area contributed by atoms with Crippen LogP contribution in [0.2, 0.25) is 0 Å². The molecule has 3 rings (SSSR count). The molecule has 20 heavy (non-hydrogen) atoms. The smallest absolute Gasteiger partial charge is 0.0323 e. The van der Waals surface area contributed by atoms with Gasteiger partial charge >= 0.3 is 0 Å². The third-order valence-corrected chi connectivity index (χ3v) is 5.06. The molecule has 1 fully saturated rings. The van der Waals surface area contributed by atoms with Crippen molar-refractivity contribution >= 4 is 0 Å². The van der Waals surface area contributed by atoms with E-state index in [1.54, 1.807) is 11.1 Å². The minimum absolute atomic E-state index is 0.576. The summed E-state index contributed by atoms with van der Waals surface area (Å²) < 4.78 is 0. The van der Waals surface area contributed by atoms with Gasteiger partial charge in [-0.25, -0.2) is 0 Å². The molecule has 1 aromatic carbocycles. The summed E-state index contributed by atoms with van der Waals surface area (Å²) in [5, 5.41) is 3.80. The first-order chi connectivity index (χ1) is 9.84. The van der Waals surface area contributed by atoms with E-state index >= 15 is 0 Å². The molecule has 1 aliphatic carbocycles. The SMILES string of the molecule is CC1CCC(NCCN2CCCCC2)c2ccccc21. The maximum Gasteiger partial charge on any atom is 0.0323 e. The minimum Gasteiger partial charge on any atom is -0.309 e. The minimum atomic E-state index is 0.576. The molecule has 0 radical (unpaired) electrons. The highest BCUT2D eigenvalue weighted by Gasteiger charge is 2.23. The van der Waals surface area contributed by atoms with Gasteiger partial charge in [0.2, 0.25) is 0 Å². The normalized spacial score (nSPS) is 27.2. The van der Waals surface area contributed by atoms with E-state index in [0.29, 0.717) is 6.04 Å². The molecule has 1 saturated heterocycles. The Labute approximate surface area is 123 Å². The molecule has 1 aromatic rings. The van der Waals surface area contributed by atoms with Gasteiger partial charge in [0.05, 0.1) is 0 Å². The number of hydrogen-bond acceptors (Lipinski definition) is 2. The second-order valence-corrected chi connectivity index (χ2v) is 6.52. The first-order valence-electron chi connectivity index (χ1n) is 8.39. The van der Waals surface area contributed by atoms with Crippen LogP contribution in [0, 0.1) is 0 Å². The molecule has 2 aliphatic rings. The van der Waals surface area contributed by atoms with Crippen LogP contribution < -0.4 is 5.32 Å². The first kappa shape index (κ1) is 14.1. The van der Waals surface area contributed by atoms with Crippen molar-refractivity contribution in [2.24, 2.45) is 0 Å². The number of rotatable bonds is 4. The highest BCUT2D eigenvalue weighted by atomic mass is 15.1. The lowest BCUT2D eigenvalue weighted by atomic mass is 9.81. The number of hydrogen-bond donors (Lipinski definition) is 1. The van der Waals surface area contributed by atoms with Crippen molar-refractivity contribution in [3.8, 4) is 0 Å². The molecule has 2 unspecified atom stereocenters. The van der Waals surface area contributed by atoms with Gasteiger partial charge in [-0.3, -0.25) is 0 Å². The summed E-state index contributed by atoms with van der Waals surface area (Å²) in [5.41, 5.74) is 3.11. The second kappa shape index (κ2) is 6.73. The quantitative estimate of drug-likeness (QED) is 0.899. The van der Waals surface area contributed by atoms with E-state index in [4.69, 9.17) is 0 Å². The summed E-state index contributed by atoms with van der Waals surface area (Å²) >= 11 is 0. The van der Waals surface area contributed by atoms with Crippen LogP contribution in [0.15, 0.2) is 24.3 Å². The summed E-state index contributed by atoms with van der Waals surface area (Å²) in [6.45, 7) is 7.32. The second-order valence-electron chi connectivity index (χ2n) is 6.52. The summed E-state index contributed by atoms with van der Waals surface area (Å²) in [4.78, 5) is 2.62. The molecule has 2 atom stereocenters. The van der Waals surface area contributed by atoms with E-state index in [-0.39, 0.29) is 0 Å². The van der Waals surface area contributed by atoms with Crippen LogP contribution in [0.25, 0.3) is 0 Å². The van der Waals surface area contributed by atoms with Crippen molar-refractivity contribution in [1.29, 1.82) is 0 Å². The Morgan fingerprint density at radius 2 is 1.80 bits per heavy atom. The van der Waals surface area contributed by atoms with Crippen LogP contribution in [0.1, 0.15) is 62.1 Å². The zero-order valence-electron chi connectivity index (χ0n) is 12.8. The van der Waals surface area contributed by atoms with Gasteiger partial charge in [-0.2, -0.15) is 0 Å². The fraction of sp³-hybridized carbons (Fsp3) is 0.667. The molecule has 1 heterocycles. The first-order valence-corrected chi connectivity index (χ1v) is 8.39. The third-order valence-electron chi connectivity index (χ3n) is 5.06. The van der Waals surface area contributed by atoms with Crippen LogP contribution >= 0.6 is 0 Å². The molecular formula is C18H28N2. The molecule has 0 bridgehead atoms. The zero-order chi connectivity index (χ0) is 13.8. The van der Waals surface area contributed by atoms with Gasteiger partial charge in [0.1, 0.15) is 0 Å². The molecule has 110 valence electrons. The summed E-state index contributed by atoms with van der Waals surface area (Å²) in [5.74, 6) is 0.728. The lowest BCUT2D eigenvalue weighted by Gasteiger charge is -2.32. The van der Waals surface area contributed by atoms with E-state index in [1.165, 1.54) is 51.7 Å². The fourth-order valence-electron chi connectivity index (χ4n) is 3.80. The Kier molecular flexibility index (Phi) is 4.74. The summed E-state index contributed by atoms with van der Waals surface area (Å²) in [6.07, 6.45) is 6.82. The molecule has 0 amide bonds. The largest absolute Gasteiger partial charge is 0.309 e. The Hall–Kier alpha value is -0.860. The van der Waals surface area contributed by atoms with Gasteiger partial charge < -0.3 is 10.2 Å². The number of fused-ring (bicyclic) bond motifs is 1. The standard InChI is InChI=1S/C18H28N2/c1-15-9-10-18(17-8-4-3-7-16(15)17)19-11-14-20-12-5-2-6-13-20/h3-4,7-8,15,18-19H,2,5-6,9-14H2,1H3. The highest BCUT2D eigenvalue weighted by Crippen LogP contribution is 2.36. The molecule has 2 nitrogen and oxygen atoms in total. The number of nitrogens with zero attached hydrogens (tertiary/aromatic N) is 1. The van der Waals surface area contributed by atoms with Crippen molar-refractivity contribution in [3.05, 3.63) is 35.4 Å². The molecular weight excluding hydrogens is 244 g/mol. The van der Waals surface area contributed by atoms with E-state index in [1.807, 2.05) is 0 Å². The van der Waals surface area contributed by atoms with E-state index in [2.05, 4.69) is 41.4 Å². The van der Waals surface area contributed by atoms with Crippen molar-refractivity contribution in [1.82, 2.24) is 10.2 Å². The predicted molar refractivity (Wildman–Crippen MR) is 85.1 cm³/mol. The van der Waals surface area contributed by atoms with Crippen LogP contribution in [-0.2, 0) is 0 Å². The molecule has 0 saturated carbocycles. The Balaban J connectivity index is 1.54. The summed E-state index contributed by atoms with van der Waals surface area (Å²) in [7, 11) is 0. The van der Waals surface area contributed by atoms with Crippen LogP contribution in [0.3, 0.4) is 0 Å². The Morgan fingerprint density at radius 3 is 2.60 bits per heavy atom. The van der Waals surface area contributed by atoms with Gasteiger partial charge in [0.15, 0.2) is 0 Å². The topological polar surface area (TPSA) is 15.3 Å². The number of piperidine rings is 1. The molecule has 0 spiro atoms. The number of nitrogens with one attached hydrogen (secondary N) is 1. The van der Waals surface area contributed by atoms with Crippen molar-refractivity contribution < 1.29 is 0 Å². The van der Waals surface area contributed by atoms with Crippen LogP contribution in [-0.4, -0.2) is 31.1 Å². The lowest BCUT2D eigenvalue weighted by Crippen LogP contribution is -2.37. The van der Waals surface area contributed by atoms with E-state index < -0.39 is 0 Å². The van der Waals surface area contributed by atoms with E-state index in [0.717, 1.165) is 12.5 Å². The maximum absolute atomic E-state index is 3.80. The van der Waals surface area contributed by atoms with Gasteiger partial charge in [-0.15, -0.1) is 0 Å². The molecule has 1 N–H and O–H groups in total. The molecule has 0 aromatic heterocycles. The number of likely N-dealkylation sites (tertiary alicyclic amines) is 1. The maximum atomic E-state index is 3.80. The average molecular weight is 272 g/mol. The van der Waals surface area contributed by atoms with E-state index in [9.17, 15) is 0 Å². The summed E-state index contributed by atoms with van der Waals surface area (Å²) in [6, 6.07) is 9.59. The highest BCUT2D eigenvalue weighted by molar-refractivity contribution is 5.34. The third kappa shape index (κ3) is 3.24. The Morgan fingerprint density at radius 1 is 1.05 bits per heavy atom. The molecule has 1 aliphatic heterocycles. The monoisotopic (exact) mass is 272 g/mol. The molecule has 2 heteroatoms. The fourth-order valence-corrected chi connectivity index (χ4v) is 3.80. The predicted octanol–water partition coefficient (Wildman–Crippen LogP) is 3.70. The van der Waals surface area contributed by atoms with Crippen LogP contribution in [0.5, 0.6) is 0 Å². The Bertz CT molecular complexity index is 423. The van der Waals surface area contributed by atoms with Crippen molar-refractivity contribution in [2.75, 3.05) is 26.2 Å².